The number of rotatable bonds is 0. The van der Waals surface area contributed by atoms with Gasteiger partial charge in [0.2, 0.25) is 0 Å². The summed E-state index contributed by atoms with van der Waals surface area (Å²) in [5.74, 6) is 1.25. The van der Waals surface area contributed by atoms with Gasteiger partial charge in [0.25, 0.3) is 0 Å². The molecule has 0 aliphatic heterocycles. The second kappa shape index (κ2) is 8.94. The smallest absolute Gasteiger partial charge is 0.160 e. The van der Waals surface area contributed by atoms with E-state index in [9.17, 15) is 0 Å². The van der Waals surface area contributed by atoms with Crippen molar-refractivity contribution in [2.24, 2.45) is 11.5 Å². The van der Waals surface area contributed by atoms with E-state index in [-0.39, 0.29) is 5.11 Å². The van der Waals surface area contributed by atoms with Gasteiger partial charge in [-0.3, -0.25) is 0 Å². The molecule has 0 aromatic heterocycles. The van der Waals surface area contributed by atoms with Crippen molar-refractivity contribution in [1.82, 2.24) is 0 Å². The maximum Gasteiger partial charge on any atom is 0.160 e. The molecule has 0 saturated heterocycles. The van der Waals surface area contributed by atoms with Crippen LogP contribution >= 0.6 is 12.2 Å². The average Bonchev–Trinajstić information content (AvgIpc) is 1.33. The van der Waals surface area contributed by atoms with Gasteiger partial charge in [0.1, 0.15) is 5.94 Å². The van der Waals surface area contributed by atoms with Crippen molar-refractivity contribution in [2.45, 2.75) is 0 Å². The van der Waals surface area contributed by atoms with E-state index in [2.05, 4.69) is 30.3 Å². The zero-order valence-corrected chi connectivity index (χ0v) is 4.49. The first-order chi connectivity index (χ1) is 3.15. The standard InChI is InChI=1S/C2H2O.CH4N2S/c1-2-3;2-1(3)4/h1H2;(H4,2,3,4). The van der Waals surface area contributed by atoms with Crippen LogP contribution in [0.4, 0.5) is 0 Å². The van der Waals surface area contributed by atoms with Crippen molar-refractivity contribution in [3.8, 4) is 0 Å². The van der Waals surface area contributed by atoms with Crippen LogP contribution in [-0.4, -0.2) is 11.1 Å². The summed E-state index contributed by atoms with van der Waals surface area (Å²) in [5.41, 5.74) is 9.24. The van der Waals surface area contributed by atoms with Gasteiger partial charge in [-0.2, -0.15) is 0 Å². The Morgan fingerprint density at radius 3 is 1.71 bits per heavy atom. The molecule has 0 heterocycles. The van der Waals surface area contributed by atoms with E-state index in [0.717, 1.165) is 0 Å². The van der Waals surface area contributed by atoms with Crippen LogP contribution in [0.15, 0.2) is 6.58 Å². The molecular weight excluding hydrogens is 112 g/mol. The molecule has 0 bridgehead atoms. The summed E-state index contributed by atoms with van der Waals surface area (Å²) in [7, 11) is 0. The summed E-state index contributed by atoms with van der Waals surface area (Å²) in [6.07, 6.45) is 0. The van der Waals surface area contributed by atoms with Gasteiger partial charge in [0.15, 0.2) is 5.11 Å². The average molecular weight is 118 g/mol. The number of nitrogens with two attached hydrogens (primary N) is 2. The van der Waals surface area contributed by atoms with Crippen LogP contribution in [0, 0.1) is 0 Å². The zero-order valence-electron chi connectivity index (χ0n) is 3.68. The summed E-state index contributed by atoms with van der Waals surface area (Å²) >= 11 is 4.09. The Kier molecular flexibility index (Phi) is 12.1. The molecule has 0 saturated carbocycles. The molecule has 0 spiro atoms. The monoisotopic (exact) mass is 118 g/mol. The lowest BCUT2D eigenvalue weighted by Crippen LogP contribution is -2.18. The predicted molar refractivity (Wildman–Crippen MR) is 32.3 cm³/mol. The molecule has 0 aliphatic carbocycles. The third kappa shape index (κ3) is 68.5. The van der Waals surface area contributed by atoms with Crippen LogP contribution in [0.2, 0.25) is 0 Å². The highest BCUT2D eigenvalue weighted by atomic mass is 32.1. The van der Waals surface area contributed by atoms with E-state index in [4.69, 9.17) is 4.79 Å². The first-order valence-corrected chi connectivity index (χ1v) is 1.75. The fraction of sp³-hybridized carbons (Fsp3) is 0. The minimum atomic E-state index is 0.000000000000000222. The van der Waals surface area contributed by atoms with E-state index in [1.54, 1.807) is 0 Å². The summed E-state index contributed by atoms with van der Waals surface area (Å²) in [4.78, 5) is 8.57. The van der Waals surface area contributed by atoms with Gasteiger partial charge in [-0.15, -0.1) is 0 Å². The number of hydrogen-bond acceptors (Lipinski definition) is 2. The molecule has 0 radical (unpaired) electrons. The molecule has 0 aromatic rings. The molecule has 4 heteroatoms. The first-order valence-electron chi connectivity index (χ1n) is 1.34. The number of carbonyl (C=O) groups excluding carboxylic acids is 1. The van der Waals surface area contributed by atoms with Crippen molar-refractivity contribution >= 4 is 23.3 Å². The van der Waals surface area contributed by atoms with E-state index >= 15 is 0 Å². The molecule has 4 N–H and O–H groups in total. The van der Waals surface area contributed by atoms with E-state index in [0.29, 0.717) is 0 Å². The van der Waals surface area contributed by atoms with Gasteiger partial charge in [-0.1, -0.05) is 0 Å². The fourth-order valence-corrected chi connectivity index (χ4v) is 0. The van der Waals surface area contributed by atoms with Gasteiger partial charge in [0.05, 0.1) is 0 Å². The molecule has 0 aromatic carbocycles. The number of hydrogen-bond donors (Lipinski definition) is 2. The second-order valence-electron chi connectivity index (χ2n) is 0.547. The van der Waals surface area contributed by atoms with E-state index in [1.165, 1.54) is 5.94 Å². The molecular formula is C3H6N2OS. The SMILES string of the molecule is C=C=O.NC(N)=S. The molecule has 40 valence electrons. The highest BCUT2D eigenvalue weighted by Crippen LogP contribution is 1.32. The van der Waals surface area contributed by atoms with Gasteiger partial charge in [-0.05, 0) is 18.8 Å². The third-order valence-electron chi connectivity index (χ3n) is 0. The molecule has 0 fully saturated rings. The Morgan fingerprint density at radius 2 is 1.71 bits per heavy atom. The van der Waals surface area contributed by atoms with Crippen LogP contribution in [0.1, 0.15) is 0 Å². The summed E-state index contributed by atoms with van der Waals surface area (Å²) < 4.78 is 0. The lowest BCUT2D eigenvalue weighted by Gasteiger charge is -1.68. The van der Waals surface area contributed by atoms with Crippen LogP contribution in [0.25, 0.3) is 0 Å². The summed E-state index contributed by atoms with van der Waals surface area (Å²) in [5, 5.41) is 0.000000000000000222. The molecule has 7 heavy (non-hydrogen) atoms. The summed E-state index contributed by atoms with van der Waals surface area (Å²) in [6, 6.07) is 0. The fourth-order valence-electron chi connectivity index (χ4n) is 0. The van der Waals surface area contributed by atoms with Crippen molar-refractivity contribution in [2.75, 3.05) is 0 Å². The Hall–Kier alpha value is -0.860. The van der Waals surface area contributed by atoms with Crippen LogP contribution in [0.3, 0.4) is 0 Å². The molecule has 0 atom stereocenters. The topological polar surface area (TPSA) is 69.1 Å². The van der Waals surface area contributed by atoms with Gasteiger partial charge in [-0.25, -0.2) is 4.79 Å². The normalized spacial score (nSPS) is 4.57. The molecule has 0 unspecified atom stereocenters. The van der Waals surface area contributed by atoms with Crippen molar-refractivity contribution < 1.29 is 4.79 Å². The minimum absolute atomic E-state index is 0.000000000000000222. The molecule has 3 nitrogen and oxygen atoms in total. The highest BCUT2D eigenvalue weighted by molar-refractivity contribution is 7.80. The van der Waals surface area contributed by atoms with Gasteiger partial charge < -0.3 is 11.5 Å². The van der Waals surface area contributed by atoms with Crippen molar-refractivity contribution in [3.05, 3.63) is 6.58 Å². The first kappa shape index (κ1) is 9.46. The molecule has 0 rings (SSSR count). The van der Waals surface area contributed by atoms with Gasteiger partial charge in [0, 0.05) is 0 Å². The van der Waals surface area contributed by atoms with Crippen LogP contribution in [0.5, 0.6) is 0 Å². The van der Waals surface area contributed by atoms with E-state index < -0.39 is 0 Å². The minimum Gasteiger partial charge on any atom is -0.377 e. The van der Waals surface area contributed by atoms with Crippen molar-refractivity contribution in [1.29, 1.82) is 0 Å². The van der Waals surface area contributed by atoms with Crippen molar-refractivity contribution in [3.63, 3.8) is 0 Å². The van der Waals surface area contributed by atoms with Gasteiger partial charge >= 0.3 is 0 Å². The Morgan fingerprint density at radius 1 is 1.71 bits per heavy atom. The molecule has 0 amide bonds. The lowest BCUT2D eigenvalue weighted by atomic mass is 11.2. The highest BCUT2D eigenvalue weighted by Gasteiger charge is 1.53. The maximum absolute atomic E-state index is 8.57. The largest absolute Gasteiger partial charge is 0.377 e. The lowest BCUT2D eigenvalue weighted by molar-refractivity contribution is 0.569. The van der Waals surface area contributed by atoms with Crippen LogP contribution < -0.4 is 11.5 Å². The summed E-state index contributed by atoms with van der Waals surface area (Å²) in [6.45, 7) is 2.68. The zero-order chi connectivity index (χ0) is 6.28. The predicted octanol–water partition coefficient (Wildman–Crippen LogP) is -0.807. The quantitative estimate of drug-likeness (QED) is 0.322. The third-order valence-corrected chi connectivity index (χ3v) is 0. The van der Waals surface area contributed by atoms with E-state index in [1.807, 2.05) is 0 Å². The van der Waals surface area contributed by atoms with Crippen LogP contribution in [-0.2, 0) is 4.79 Å². The maximum atomic E-state index is 8.57. The second-order valence-corrected chi connectivity index (χ2v) is 1.02. The molecule has 0 aliphatic rings. The Balaban J connectivity index is 0. The Labute approximate surface area is 47.0 Å². The Bertz CT molecular complexity index is 80.9. The number of thiocarbonyl (C=S) groups is 1.